The minimum atomic E-state index is -0.852. The average Bonchev–Trinajstić information content (AvgIpc) is 2.89. The summed E-state index contributed by atoms with van der Waals surface area (Å²) in [5.41, 5.74) is 0.300. The van der Waals surface area contributed by atoms with Crippen molar-refractivity contribution in [1.29, 1.82) is 0 Å². The molecule has 3 aromatic rings. The number of furan rings is 1. The Bertz CT molecular complexity index is 1000. The van der Waals surface area contributed by atoms with Crippen LogP contribution in [0.4, 0.5) is 0 Å². The third kappa shape index (κ3) is 2.76. The van der Waals surface area contributed by atoms with E-state index in [2.05, 4.69) is 0 Å². The predicted molar refractivity (Wildman–Crippen MR) is 90.3 cm³/mol. The van der Waals surface area contributed by atoms with Crippen LogP contribution in [0, 0.1) is 6.92 Å². The van der Waals surface area contributed by atoms with Gasteiger partial charge >= 0.3 is 5.63 Å². The van der Waals surface area contributed by atoms with Crippen molar-refractivity contribution in [2.45, 2.75) is 20.3 Å². The normalized spacial score (nSPS) is 11.4. The number of allylic oxidation sites excluding steroid dienone is 1. The zero-order valence-corrected chi connectivity index (χ0v) is 13.3. The molecule has 3 rings (SSSR count). The van der Waals surface area contributed by atoms with Crippen molar-refractivity contribution in [2.75, 3.05) is 0 Å². The lowest BCUT2D eigenvalue weighted by Crippen LogP contribution is -2.12. The highest BCUT2D eigenvalue weighted by molar-refractivity contribution is 6.09. The number of carbonyl (C=O) groups is 1. The molecule has 122 valence electrons. The molecule has 0 radical (unpaired) electrons. The van der Waals surface area contributed by atoms with Crippen LogP contribution in [0.1, 0.15) is 34.4 Å². The van der Waals surface area contributed by atoms with Crippen LogP contribution in [0.25, 0.3) is 17.0 Å². The summed E-state index contributed by atoms with van der Waals surface area (Å²) < 4.78 is 10.6. The fraction of sp³-hybridized carbons (Fsp3) is 0.158. The number of hydrogen-bond donors (Lipinski definition) is 1. The number of hydrogen-bond acceptors (Lipinski definition) is 5. The summed E-state index contributed by atoms with van der Waals surface area (Å²) in [6, 6.07) is 8.76. The summed E-state index contributed by atoms with van der Waals surface area (Å²) >= 11 is 0. The minimum absolute atomic E-state index is 0.243. The number of aromatic hydroxyl groups is 1. The van der Waals surface area contributed by atoms with Crippen molar-refractivity contribution in [3.05, 3.63) is 69.5 Å². The molecule has 5 nitrogen and oxygen atoms in total. The highest BCUT2D eigenvalue weighted by Crippen LogP contribution is 2.27. The van der Waals surface area contributed by atoms with E-state index in [0.29, 0.717) is 6.42 Å². The van der Waals surface area contributed by atoms with Crippen molar-refractivity contribution in [3.63, 3.8) is 0 Å². The monoisotopic (exact) mass is 324 g/mol. The number of para-hydroxylation sites is 1. The Kier molecular flexibility index (Phi) is 4.08. The van der Waals surface area contributed by atoms with Crippen LogP contribution in [0.15, 0.2) is 50.0 Å². The summed E-state index contributed by atoms with van der Waals surface area (Å²) in [4.78, 5) is 24.1. The molecule has 0 fully saturated rings. The molecule has 0 atom stereocenters. The molecule has 1 aromatic carbocycles. The van der Waals surface area contributed by atoms with E-state index in [0.717, 1.165) is 22.3 Å². The van der Waals surface area contributed by atoms with E-state index < -0.39 is 11.4 Å². The zero-order chi connectivity index (χ0) is 17.3. The standard InChI is InChI=1S/C19H16O5/c1-3-16-13(12-6-4-5-7-17(12)24-16)8-9-14(20)18-15(21)10-11(2)23-19(18)22/h4-10,21H,3H2,1-2H3/b9-8+. The van der Waals surface area contributed by atoms with Crippen LogP contribution >= 0.6 is 0 Å². The molecule has 2 aromatic heterocycles. The lowest BCUT2D eigenvalue weighted by Gasteiger charge is -2.00. The Hall–Kier alpha value is -3.08. The second-order valence-corrected chi connectivity index (χ2v) is 5.39. The highest BCUT2D eigenvalue weighted by Gasteiger charge is 2.17. The Labute approximate surface area is 137 Å². The fourth-order valence-electron chi connectivity index (χ4n) is 2.63. The van der Waals surface area contributed by atoms with Gasteiger partial charge in [-0.2, -0.15) is 0 Å². The summed E-state index contributed by atoms with van der Waals surface area (Å²) in [6.45, 7) is 3.48. The number of benzene rings is 1. The summed E-state index contributed by atoms with van der Waals surface area (Å²) in [7, 11) is 0. The molecule has 0 spiro atoms. The number of ketones is 1. The van der Waals surface area contributed by atoms with Crippen LogP contribution in [0.5, 0.6) is 5.75 Å². The highest BCUT2D eigenvalue weighted by atomic mass is 16.4. The summed E-state index contributed by atoms with van der Waals surface area (Å²) in [6.07, 6.45) is 3.52. The summed E-state index contributed by atoms with van der Waals surface area (Å²) in [5.74, 6) is -0.00714. The molecule has 0 aliphatic rings. The van der Waals surface area contributed by atoms with Gasteiger partial charge in [0.15, 0.2) is 5.78 Å². The smallest absolute Gasteiger partial charge is 0.351 e. The van der Waals surface area contributed by atoms with Gasteiger partial charge < -0.3 is 13.9 Å². The molecule has 0 amide bonds. The number of rotatable bonds is 4. The largest absolute Gasteiger partial charge is 0.507 e. The quantitative estimate of drug-likeness (QED) is 0.582. The molecule has 0 saturated heterocycles. The van der Waals surface area contributed by atoms with Gasteiger partial charge in [-0.25, -0.2) is 4.79 Å². The first-order chi connectivity index (χ1) is 11.5. The van der Waals surface area contributed by atoms with Gasteiger partial charge in [-0.3, -0.25) is 4.79 Å². The fourth-order valence-corrected chi connectivity index (χ4v) is 2.63. The van der Waals surface area contributed by atoms with Gasteiger partial charge in [0.2, 0.25) is 0 Å². The SMILES string of the molecule is CCc1oc2ccccc2c1/C=C/C(=O)c1c(O)cc(C)oc1=O. The summed E-state index contributed by atoms with van der Waals surface area (Å²) in [5, 5.41) is 10.7. The lowest BCUT2D eigenvalue weighted by atomic mass is 10.1. The Morgan fingerprint density at radius 2 is 2.00 bits per heavy atom. The van der Waals surface area contributed by atoms with Gasteiger partial charge in [-0.1, -0.05) is 25.1 Å². The van der Waals surface area contributed by atoms with Crippen molar-refractivity contribution in [2.24, 2.45) is 0 Å². The maximum absolute atomic E-state index is 12.3. The first-order valence-corrected chi connectivity index (χ1v) is 7.57. The van der Waals surface area contributed by atoms with Gasteiger partial charge in [0.25, 0.3) is 0 Å². The van der Waals surface area contributed by atoms with Gasteiger partial charge in [-0.05, 0) is 25.1 Å². The molecule has 0 aliphatic heterocycles. The topological polar surface area (TPSA) is 80.7 Å². The van der Waals surface area contributed by atoms with Crippen LogP contribution in [0.3, 0.4) is 0 Å². The van der Waals surface area contributed by atoms with Gasteiger partial charge in [-0.15, -0.1) is 0 Å². The van der Waals surface area contributed by atoms with Crippen molar-refractivity contribution in [1.82, 2.24) is 0 Å². The third-order valence-electron chi connectivity index (χ3n) is 3.73. The zero-order valence-electron chi connectivity index (χ0n) is 13.3. The van der Waals surface area contributed by atoms with E-state index in [9.17, 15) is 14.7 Å². The third-order valence-corrected chi connectivity index (χ3v) is 3.73. The maximum atomic E-state index is 12.3. The molecule has 0 aliphatic carbocycles. The number of fused-ring (bicyclic) bond motifs is 1. The van der Waals surface area contributed by atoms with Gasteiger partial charge in [0.05, 0.1) is 0 Å². The van der Waals surface area contributed by atoms with E-state index in [-0.39, 0.29) is 17.1 Å². The van der Waals surface area contributed by atoms with Crippen LogP contribution in [-0.2, 0) is 6.42 Å². The first-order valence-electron chi connectivity index (χ1n) is 7.57. The molecule has 0 unspecified atom stereocenters. The number of carbonyl (C=O) groups excluding carboxylic acids is 1. The molecule has 2 heterocycles. The Morgan fingerprint density at radius 1 is 1.25 bits per heavy atom. The predicted octanol–water partition coefficient (Wildman–Crippen LogP) is 3.86. The Morgan fingerprint density at radius 3 is 2.71 bits per heavy atom. The van der Waals surface area contributed by atoms with Crippen molar-refractivity contribution >= 4 is 22.8 Å². The first kappa shape index (κ1) is 15.8. The van der Waals surface area contributed by atoms with E-state index >= 15 is 0 Å². The second kappa shape index (κ2) is 6.20. The molecule has 1 N–H and O–H groups in total. The van der Waals surface area contributed by atoms with E-state index in [1.54, 1.807) is 6.08 Å². The Balaban J connectivity index is 2.03. The van der Waals surface area contributed by atoms with Gasteiger partial charge in [0.1, 0.15) is 28.4 Å². The second-order valence-electron chi connectivity index (χ2n) is 5.39. The van der Waals surface area contributed by atoms with E-state index in [4.69, 9.17) is 8.83 Å². The van der Waals surface area contributed by atoms with E-state index in [1.807, 2.05) is 31.2 Å². The van der Waals surface area contributed by atoms with Crippen LogP contribution in [-0.4, -0.2) is 10.9 Å². The maximum Gasteiger partial charge on any atom is 0.351 e. The average molecular weight is 324 g/mol. The van der Waals surface area contributed by atoms with Crippen LogP contribution < -0.4 is 5.63 Å². The van der Waals surface area contributed by atoms with Gasteiger partial charge in [0, 0.05) is 23.4 Å². The lowest BCUT2D eigenvalue weighted by molar-refractivity contribution is 0.104. The molecule has 5 heteroatoms. The van der Waals surface area contributed by atoms with Crippen LogP contribution in [0.2, 0.25) is 0 Å². The molecular formula is C19H16O5. The molecule has 0 saturated carbocycles. The molecule has 24 heavy (non-hydrogen) atoms. The molecule has 0 bridgehead atoms. The minimum Gasteiger partial charge on any atom is -0.507 e. The van der Waals surface area contributed by atoms with Crippen molar-refractivity contribution < 1.29 is 18.7 Å². The molecular weight excluding hydrogens is 308 g/mol. The van der Waals surface area contributed by atoms with E-state index in [1.165, 1.54) is 19.1 Å². The number of aryl methyl sites for hydroxylation is 2. The van der Waals surface area contributed by atoms with Crippen molar-refractivity contribution in [3.8, 4) is 5.75 Å².